The predicted octanol–water partition coefficient (Wildman–Crippen LogP) is 1.27. The lowest BCUT2D eigenvalue weighted by molar-refractivity contribution is -0.276. The van der Waals surface area contributed by atoms with Crippen LogP contribution in [0.1, 0.15) is 34.1 Å². The van der Waals surface area contributed by atoms with Crippen molar-refractivity contribution in [1.82, 2.24) is 0 Å². The molecule has 0 radical (unpaired) electrons. The van der Waals surface area contributed by atoms with Gasteiger partial charge < -0.3 is 18.9 Å². The highest BCUT2D eigenvalue weighted by molar-refractivity contribution is 5.67. The van der Waals surface area contributed by atoms with Crippen LogP contribution in [0.2, 0.25) is 0 Å². The number of carbonyl (C=O) groups excluding carboxylic acids is 2. The SMILES string of the molecule is CC[C@H]1OC(OC)[C@H](C)[C@@H](OC(C)=O)[C@H]1OC(C)=O. The van der Waals surface area contributed by atoms with Gasteiger partial charge in [0.1, 0.15) is 12.2 Å². The minimum Gasteiger partial charge on any atom is -0.458 e. The largest absolute Gasteiger partial charge is 0.458 e. The van der Waals surface area contributed by atoms with E-state index in [0.29, 0.717) is 6.42 Å². The van der Waals surface area contributed by atoms with E-state index in [1.54, 1.807) is 0 Å². The maximum Gasteiger partial charge on any atom is 0.303 e. The van der Waals surface area contributed by atoms with Crippen LogP contribution in [0.5, 0.6) is 0 Å². The summed E-state index contributed by atoms with van der Waals surface area (Å²) in [5.41, 5.74) is 0. The molecule has 0 spiro atoms. The van der Waals surface area contributed by atoms with Gasteiger partial charge in [0.2, 0.25) is 0 Å². The molecule has 5 atom stereocenters. The summed E-state index contributed by atoms with van der Waals surface area (Å²) in [7, 11) is 1.53. The summed E-state index contributed by atoms with van der Waals surface area (Å²) in [6.45, 7) is 6.40. The second kappa shape index (κ2) is 6.86. The molecule has 1 unspecified atom stereocenters. The van der Waals surface area contributed by atoms with Crippen molar-refractivity contribution in [2.75, 3.05) is 7.11 Å². The van der Waals surface area contributed by atoms with Crippen LogP contribution >= 0.6 is 0 Å². The van der Waals surface area contributed by atoms with Crippen molar-refractivity contribution >= 4 is 11.9 Å². The van der Waals surface area contributed by atoms with Gasteiger partial charge in [0.05, 0.1) is 0 Å². The molecule has 0 aromatic rings. The summed E-state index contributed by atoms with van der Waals surface area (Å²) in [6.07, 6.45) is -1.38. The van der Waals surface area contributed by atoms with Crippen LogP contribution in [0.3, 0.4) is 0 Å². The van der Waals surface area contributed by atoms with Gasteiger partial charge in [0.25, 0.3) is 0 Å². The molecule has 0 aromatic carbocycles. The van der Waals surface area contributed by atoms with Gasteiger partial charge in [-0.25, -0.2) is 0 Å². The number of methoxy groups -OCH3 is 1. The third kappa shape index (κ3) is 3.91. The fraction of sp³-hybridized carbons (Fsp3) is 0.846. The standard InChI is InChI=1S/C13H22O6/c1-6-10-12(18-9(4)15)11(17-8(3)14)7(2)13(16-5)19-10/h7,10-13H,6H2,1-5H3/t7-,10-,11-,12+,13?/m1/s1. The zero-order valence-electron chi connectivity index (χ0n) is 12.0. The molecule has 1 heterocycles. The number of rotatable bonds is 4. The molecule has 1 rings (SSSR count). The molecule has 6 heteroatoms. The molecule has 1 aliphatic rings. The minimum atomic E-state index is -0.604. The number of carbonyl (C=O) groups is 2. The highest BCUT2D eigenvalue weighted by Crippen LogP contribution is 2.32. The van der Waals surface area contributed by atoms with Crippen LogP contribution in [0.4, 0.5) is 0 Å². The van der Waals surface area contributed by atoms with Crippen molar-refractivity contribution in [3.63, 3.8) is 0 Å². The van der Waals surface area contributed by atoms with Crippen molar-refractivity contribution < 1.29 is 28.5 Å². The van der Waals surface area contributed by atoms with E-state index in [-0.39, 0.29) is 12.0 Å². The summed E-state index contributed by atoms with van der Waals surface area (Å²) >= 11 is 0. The first kappa shape index (κ1) is 15.9. The Bertz CT molecular complexity index is 329. The average molecular weight is 274 g/mol. The molecule has 1 aliphatic heterocycles. The van der Waals surface area contributed by atoms with Gasteiger partial charge >= 0.3 is 11.9 Å². The van der Waals surface area contributed by atoms with Crippen molar-refractivity contribution in [3.8, 4) is 0 Å². The molecule has 0 aliphatic carbocycles. The molecule has 110 valence electrons. The summed E-state index contributed by atoms with van der Waals surface area (Å²) < 4.78 is 21.6. The van der Waals surface area contributed by atoms with E-state index >= 15 is 0 Å². The zero-order valence-corrected chi connectivity index (χ0v) is 12.0. The van der Waals surface area contributed by atoms with Crippen molar-refractivity contribution in [2.24, 2.45) is 5.92 Å². The van der Waals surface area contributed by atoms with Gasteiger partial charge in [0, 0.05) is 26.9 Å². The Kier molecular flexibility index (Phi) is 5.75. The molecule has 0 saturated carbocycles. The maximum absolute atomic E-state index is 11.2. The topological polar surface area (TPSA) is 71.1 Å². The first-order chi connectivity index (χ1) is 8.90. The molecule has 0 N–H and O–H groups in total. The lowest BCUT2D eigenvalue weighted by atomic mass is 9.90. The van der Waals surface area contributed by atoms with E-state index < -0.39 is 30.4 Å². The van der Waals surface area contributed by atoms with Gasteiger partial charge in [0.15, 0.2) is 12.4 Å². The molecule has 1 fully saturated rings. The fourth-order valence-corrected chi connectivity index (χ4v) is 2.34. The second-order valence-electron chi connectivity index (χ2n) is 4.69. The van der Waals surface area contributed by atoms with Crippen molar-refractivity contribution in [1.29, 1.82) is 0 Å². The number of hydrogen-bond donors (Lipinski definition) is 0. The molecular formula is C13H22O6. The molecular weight excluding hydrogens is 252 g/mol. The molecule has 19 heavy (non-hydrogen) atoms. The Hall–Kier alpha value is -1.14. The van der Waals surface area contributed by atoms with E-state index in [0.717, 1.165) is 0 Å². The quantitative estimate of drug-likeness (QED) is 0.719. The van der Waals surface area contributed by atoms with Crippen LogP contribution in [0.15, 0.2) is 0 Å². The Morgan fingerprint density at radius 1 is 1.11 bits per heavy atom. The summed E-state index contributed by atoms with van der Waals surface area (Å²) in [5.74, 6) is -1.06. The first-order valence-electron chi connectivity index (χ1n) is 6.43. The fourth-order valence-electron chi connectivity index (χ4n) is 2.34. The van der Waals surface area contributed by atoms with Crippen molar-refractivity contribution in [2.45, 2.75) is 58.7 Å². The van der Waals surface area contributed by atoms with Gasteiger partial charge in [-0.15, -0.1) is 0 Å². The molecule has 0 bridgehead atoms. The highest BCUT2D eigenvalue weighted by atomic mass is 16.7. The smallest absolute Gasteiger partial charge is 0.303 e. The summed E-state index contributed by atoms with van der Waals surface area (Å²) in [4.78, 5) is 22.4. The third-order valence-electron chi connectivity index (χ3n) is 3.19. The van der Waals surface area contributed by atoms with E-state index in [1.165, 1.54) is 21.0 Å². The molecule has 0 amide bonds. The second-order valence-corrected chi connectivity index (χ2v) is 4.69. The van der Waals surface area contributed by atoms with Gasteiger partial charge in [-0.1, -0.05) is 13.8 Å². The number of ether oxygens (including phenoxy) is 4. The highest BCUT2D eigenvalue weighted by Gasteiger charge is 2.47. The Morgan fingerprint density at radius 2 is 1.63 bits per heavy atom. The zero-order chi connectivity index (χ0) is 14.6. The van der Waals surface area contributed by atoms with Crippen molar-refractivity contribution in [3.05, 3.63) is 0 Å². The Balaban J connectivity index is 2.96. The molecule has 6 nitrogen and oxygen atoms in total. The molecule has 0 aromatic heterocycles. The maximum atomic E-state index is 11.2. The Morgan fingerprint density at radius 3 is 2.05 bits per heavy atom. The van der Waals surface area contributed by atoms with E-state index in [2.05, 4.69) is 0 Å². The van der Waals surface area contributed by atoms with E-state index in [1.807, 2.05) is 13.8 Å². The van der Waals surface area contributed by atoms with Gasteiger partial charge in [-0.3, -0.25) is 9.59 Å². The number of hydrogen-bond acceptors (Lipinski definition) is 6. The van der Waals surface area contributed by atoms with Crippen LogP contribution in [0.25, 0.3) is 0 Å². The van der Waals surface area contributed by atoms with Crippen LogP contribution in [-0.4, -0.2) is 43.7 Å². The van der Waals surface area contributed by atoms with Crippen LogP contribution in [0, 0.1) is 5.92 Å². The minimum absolute atomic E-state index is 0.221. The molecule has 1 saturated heterocycles. The average Bonchev–Trinajstić information content (AvgIpc) is 2.33. The summed E-state index contributed by atoms with van der Waals surface area (Å²) in [6, 6.07) is 0. The normalized spacial score (nSPS) is 34.7. The van der Waals surface area contributed by atoms with Gasteiger partial charge in [-0.2, -0.15) is 0 Å². The van der Waals surface area contributed by atoms with Gasteiger partial charge in [-0.05, 0) is 6.42 Å². The predicted molar refractivity (Wildman–Crippen MR) is 66.2 cm³/mol. The third-order valence-corrected chi connectivity index (χ3v) is 3.19. The van der Waals surface area contributed by atoms with E-state index in [9.17, 15) is 9.59 Å². The Labute approximate surface area is 113 Å². The van der Waals surface area contributed by atoms with Crippen LogP contribution in [-0.2, 0) is 28.5 Å². The number of esters is 2. The first-order valence-corrected chi connectivity index (χ1v) is 6.43. The summed E-state index contributed by atoms with van der Waals surface area (Å²) in [5, 5.41) is 0. The lowest BCUT2D eigenvalue weighted by Gasteiger charge is -2.43. The lowest BCUT2D eigenvalue weighted by Crippen LogP contribution is -2.56. The monoisotopic (exact) mass is 274 g/mol. The van der Waals surface area contributed by atoms with E-state index in [4.69, 9.17) is 18.9 Å². The van der Waals surface area contributed by atoms with Crippen LogP contribution < -0.4 is 0 Å².